The summed E-state index contributed by atoms with van der Waals surface area (Å²) in [6.07, 6.45) is 0.799. The van der Waals surface area contributed by atoms with Crippen molar-refractivity contribution >= 4 is 11.6 Å². The van der Waals surface area contributed by atoms with Crippen molar-refractivity contribution in [3.05, 3.63) is 34.9 Å². The Hall–Kier alpha value is -0.570. The van der Waals surface area contributed by atoms with Gasteiger partial charge < -0.3 is 9.84 Å². The number of benzene rings is 1. The molecule has 1 aromatic carbocycles. The summed E-state index contributed by atoms with van der Waals surface area (Å²) < 4.78 is 5.18. The molecule has 0 radical (unpaired) electrons. The average Bonchev–Trinajstić information content (AvgIpc) is 2.19. The number of rotatable bonds is 5. The van der Waals surface area contributed by atoms with Crippen molar-refractivity contribution in [1.82, 2.24) is 0 Å². The van der Waals surface area contributed by atoms with Crippen LogP contribution >= 0.6 is 11.6 Å². The molecule has 0 spiro atoms. The van der Waals surface area contributed by atoms with Crippen molar-refractivity contribution in [2.45, 2.75) is 32.0 Å². The van der Waals surface area contributed by atoms with Crippen LogP contribution in [0.4, 0.5) is 0 Å². The van der Waals surface area contributed by atoms with Gasteiger partial charge in [0.25, 0.3) is 0 Å². The maximum atomic E-state index is 9.89. The van der Waals surface area contributed by atoms with Crippen molar-refractivity contribution in [1.29, 1.82) is 0 Å². The van der Waals surface area contributed by atoms with E-state index >= 15 is 0 Å². The Bertz CT molecular complexity index is 297. The highest BCUT2D eigenvalue weighted by molar-refractivity contribution is 6.30. The van der Waals surface area contributed by atoms with Gasteiger partial charge in [0.2, 0.25) is 0 Å². The van der Waals surface area contributed by atoms with E-state index in [1.165, 1.54) is 0 Å². The second-order valence-electron chi connectivity index (χ2n) is 3.58. The first-order chi connectivity index (χ1) is 7.17. The normalized spacial score (nSPS) is 14.9. The van der Waals surface area contributed by atoms with Crippen molar-refractivity contribution in [3.8, 4) is 0 Å². The summed E-state index contributed by atoms with van der Waals surface area (Å²) in [4.78, 5) is 0. The second kappa shape index (κ2) is 6.11. The smallest absolute Gasteiger partial charge is 0.0841 e. The van der Waals surface area contributed by atoms with Crippen LogP contribution in [0.15, 0.2) is 24.3 Å². The van der Waals surface area contributed by atoms with Gasteiger partial charge in [0.15, 0.2) is 0 Å². The molecule has 15 heavy (non-hydrogen) atoms. The van der Waals surface area contributed by atoms with Crippen LogP contribution in [0.1, 0.15) is 18.9 Å². The number of ether oxygens (including phenoxy) is 1. The molecule has 0 aliphatic carbocycles. The monoisotopic (exact) mass is 228 g/mol. The van der Waals surface area contributed by atoms with E-state index in [9.17, 15) is 5.11 Å². The SMILES string of the molecule is CCC(OC)C(O)Cc1cccc(Cl)c1. The van der Waals surface area contributed by atoms with E-state index in [2.05, 4.69) is 0 Å². The molecule has 3 heteroatoms. The molecule has 0 aliphatic heterocycles. The number of aliphatic hydroxyl groups is 1. The van der Waals surface area contributed by atoms with E-state index in [1.54, 1.807) is 7.11 Å². The van der Waals surface area contributed by atoms with E-state index in [1.807, 2.05) is 31.2 Å². The number of hydrogen-bond acceptors (Lipinski definition) is 2. The molecule has 2 atom stereocenters. The van der Waals surface area contributed by atoms with Crippen molar-refractivity contribution in [2.24, 2.45) is 0 Å². The highest BCUT2D eigenvalue weighted by atomic mass is 35.5. The maximum Gasteiger partial charge on any atom is 0.0841 e. The zero-order chi connectivity index (χ0) is 11.3. The van der Waals surface area contributed by atoms with Crippen molar-refractivity contribution in [2.75, 3.05) is 7.11 Å². The minimum Gasteiger partial charge on any atom is -0.390 e. The predicted molar refractivity (Wildman–Crippen MR) is 62.3 cm³/mol. The van der Waals surface area contributed by atoms with Crippen LogP contribution in [0.25, 0.3) is 0 Å². The number of methoxy groups -OCH3 is 1. The van der Waals surface area contributed by atoms with Gasteiger partial charge in [0.05, 0.1) is 12.2 Å². The first-order valence-corrected chi connectivity index (χ1v) is 5.50. The second-order valence-corrected chi connectivity index (χ2v) is 4.02. The van der Waals surface area contributed by atoms with Gasteiger partial charge in [-0.1, -0.05) is 30.7 Å². The number of aliphatic hydroxyl groups excluding tert-OH is 1. The summed E-state index contributed by atoms with van der Waals surface area (Å²) >= 11 is 5.86. The van der Waals surface area contributed by atoms with E-state index < -0.39 is 6.10 Å². The first kappa shape index (κ1) is 12.5. The van der Waals surface area contributed by atoms with E-state index in [0.717, 1.165) is 12.0 Å². The summed E-state index contributed by atoms with van der Waals surface area (Å²) in [5, 5.41) is 10.6. The van der Waals surface area contributed by atoms with Crippen molar-refractivity contribution in [3.63, 3.8) is 0 Å². The van der Waals surface area contributed by atoms with Gasteiger partial charge in [-0.25, -0.2) is 0 Å². The Balaban J connectivity index is 2.61. The molecule has 2 unspecified atom stereocenters. The van der Waals surface area contributed by atoms with Crippen LogP contribution in [0.3, 0.4) is 0 Å². The zero-order valence-corrected chi connectivity index (χ0v) is 9.87. The zero-order valence-electron chi connectivity index (χ0n) is 9.11. The fourth-order valence-electron chi connectivity index (χ4n) is 1.63. The fourth-order valence-corrected chi connectivity index (χ4v) is 1.85. The lowest BCUT2D eigenvalue weighted by atomic mass is 10.0. The summed E-state index contributed by atoms with van der Waals surface area (Å²) in [5.74, 6) is 0. The fraction of sp³-hybridized carbons (Fsp3) is 0.500. The Morgan fingerprint density at radius 3 is 2.73 bits per heavy atom. The molecule has 0 bridgehead atoms. The van der Waals surface area contributed by atoms with Crippen LogP contribution in [0, 0.1) is 0 Å². The topological polar surface area (TPSA) is 29.5 Å². The minimum absolute atomic E-state index is 0.107. The predicted octanol–water partition coefficient (Wildman–Crippen LogP) is 2.67. The molecule has 0 aromatic heterocycles. The Kier molecular flexibility index (Phi) is 5.09. The third kappa shape index (κ3) is 3.82. The highest BCUT2D eigenvalue weighted by Crippen LogP contribution is 2.15. The molecule has 0 fully saturated rings. The molecule has 1 aromatic rings. The molecular weight excluding hydrogens is 212 g/mol. The number of hydrogen-bond donors (Lipinski definition) is 1. The molecule has 0 saturated heterocycles. The van der Waals surface area contributed by atoms with E-state index in [-0.39, 0.29) is 6.10 Å². The van der Waals surface area contributed by atoms with E-state index in [0.29, 0.717) is 11.4 Å². The molecule has 0 saturated carbocycles. The largest absolute Gasteiger partial charge is 0.390 e. The average molecular weight is 229 g/mol. The molecule has 2 nitrogen and oxygen atoms in total. The molecule has 1 N–H and O–H groups in total. The van der Waals surface area contributed by atoms with E-state index in [4.69, 9.17) is 16.3 Å². The molecular formula is C12H17ClO2. The van der Waals surface area contributed by atoms with Crippen LogP contribution in [0.5, 0.6) is 0 Å². The molecule has 0 aliphatic rings. The Morgan fingerprint density at radius 1 is 1.47 bits per heavy atom. The lowest BCUT2D eigenvalue weighted by Crippen LogP contribution is -2.29. The summed E-state index contributed by atoms with van der Waals surface area (Å²) in [6, 6.07) is 7.54. The minimum atomic E-state index is -0.474. The Morgan fingerprint density at radius 2 is 2.20 bits per heavy atom. The standard InChI is InChI=1S/C12H17ClO2/c1-3-12(15-2)11(14)8-9-5-4-6-10(13)7-9/h4-7,11-12,14H,3,8H2,1-2H3. The highest BCUT2D eigenvalue weighted by Gasteiger charge is 2.16. The van der Waals surface area contributed by atoms with Crippen LogP contribution in [0.2, 0.25) is 5.02 Å². The third-order valence-electron chi connectivity index (χ3n) is 2.47. The maximum absolute atomic E-state index is 9.89. The number of halogens is 1. The molecule has 0 amide bonds. The lowest BCUT2D eigenvalue weighted by molar-refractivity contribution is -0.0128. The van der Waals surface area contributed by atoms with Gasteiger partial charge in [0, 0.05) is 18.6 Å². The quantitative estimate of drug-likeness (QED) is 0.840. The van der Waals surface area contributed by atoms with Crippen molar-refractivity contribution < 1.29 is 9.84 Å². The third-order valence-corrected chi connectivity index (χ3v) is 2.70. The summed E-state index contributed by atoms with van der Waals surface area (Å²) in [5.41, 5.74) is 1.03. The van der Waals surface area contributed by atoms with Gasteiger partial charge in [-0.05, 0) is 24.1 Å². The first-order valence-electron chi connectivity index (χ1n) is 5.12. The summed E-state index contributed by atoms with van der Waals surface area (Å²) in [6.45, 7) is 2.00. The lowest BCUT2D eigenvalue weighted by Gasteiger charge is -2.20. The van der Waals surface area contributed by atoms with Gasteiger partial charge >= 0.3 is 0 Å². The van der Waals surface area contributed by atoms with Gasteiger partial charge in [0.1, 0.15) is 0 Å². The van der Waals surface area contributed by atoms with Gasteiger partial charge in [-0.3, -0.25) is 0 Å². The Labute approximate surface area is 95.8 Å². The van der Waals surface area contributed by atoms with Crippen LogP contribution < -0.4 is 0 Å². The molecule has 0 heterocycles. The van der Waals surface area contributed by atoms with Gasteiger partial charge in [-0.15, -0.1) is 0 Å². The van der Waals surface area contributed by atoms with Gasteiger partial charge in [-0.2, -0.15) is 0 Å². The van der Waals surface area contributed by atoms with Crippen LogP contribution in [-0.4, -0.2) is 24.4 Å². The molecule has 1 rings (SSSR count). The molecule has 84 valence electrons. The van der Waals surface area contributed by atoms with Crippen LogP contribution in [-0.2, 0) is 11.2 Å². The summed E-state index contributed by atoms with van der Waals surface area (Å²) in [7, 11) is 1.62.